The summed E-state index contributed by atoms with van der Waals surface area (Å²) in [6.45, 7) is 5.48. The van der Waals surface area contributed by atoms with E-state index in [0.29, 0.717) is 11.3 Å². The molecule has 0 aliphatic heterocycles. The zero-order valence-corrected chi connectivity index (χ0v) is 13.6. The summed E-state index contributed by atoms with van der Waals surface area (Å²) in [5.74, 6) is 0.325. The molecule has 1 aromatic carbocycles. The summed E-state index contributed by atoms with van der Waals surface area (Å²) in [7, 11) is 1.41. The van der Waals surface area contributed by atoms with Gasteiger partial charge >= 0.3 is 6.09 Å². The Kier molecular flexibility index (Phi) is 5.94. The Hall–Kier alpha value is -2.77. The molecule has 126 valence electrons. The zero-order valence-electron chi connectivity index (χ0n) is 13.6. The highest BCUT2D eigenvalue weighted by molar-refractivity contribution is 5.75. The predicted molar refractivity (Wildman–Crippen MR) is 87.3 cm³/mol. The summed E-state index contributed by atoms with van der Waals surface area (Å²) in [5, 5.41) is 13.5. The fraction of sp³-hybridized carbons (Fsp3) is 0.400. The molecule has 0 radical (unpaired) electrons. The Labute approximate surface area is 134 Å². The number of alkyl carbamates (subject to hydrolysis) is 1. The molecule has 1 rings (SSSR count). The third-order valence-corrected chi connectivity index (χ3v) is 2.66. The number of ether oxygens (including phenoxy) is 2. The van der Waals surface area contributed by atoms with Crippen LogP contribution in [0.2, 0.25) is 0 Å². The number of methoxy groups -OCH3 is 1. The number of carbonyl (C=O) groups is 1. The van der Waals surface area contributed by atoms with E-state index in [-0.39, 0.29) is 17.9 Å². The number of nitrogens with two attached hydrogens (primary N) is 1. The van der Waals surface area contributed by atoms with E-state index in [1.807, 2.05) is 0 Å². The highest BCUT2D eigenvalue weighted by Gasteiger charge is 2.17. The molecule has 0 spiro atoms. The quantitative estimate of drug-likeness (QED) is 0.489. The van der Waals surface area contributed by atoms with Gasteiger partial charge in [0.1, 0.15) is 17.0 Å². The Morgan fingerprint density at radius 1 is 1.43 bits per heavy atom. The van der Waals surface area contributed by atoms with Gasteiger partial charge < -0.3 is 20.5 Å². The molecule has 1 amide bonds. The Balaban J connectivity index is 2.78. The molecule has 0 atom stereocenters. The maximum Gasteiger partial charge on any atom is 0.407 e. The van der Waals surface area contributed by atoms with Crippen molar-refractivity contribution < 1.29 is 19.2 Å². The van der Waals surface area contributed by atoms with Crippen LogP contribution < -0.4 is 15.8 Å². The molecular formula is C15H21N3O5. The summed E-state index contributed by atoms with van der Waals surface area (Å²) in [6.07, 6.45) is 2.63. The van der Waals surface area contributed by atoms with Gasteiger partial charge in [-0.25, -0.2) is 4.79 Å². The van der Waals surface area contributed by atoms with Crippen LogP contribution in [0.5, 0.6) is 5.75 Å². The van der Waals surface area contributed by atoms with Gasteiger partial charge in [0.05, 0.1) is 18.1 Å². The van der Waals surface area contributed by atoms with Crippen LogP contribution in [0, 0.1) is 10.1 Å². The average molecular weight is 323 g/mol. The van der Waals surface area contributed by atoms with E-state index in [0.717, 1.165) is 0 Å². The lowest BCUT2D eigenvalue weighted by Crippen LogP contribution is -2.32. The molecule has 8 nitrogen and oxygen atoms in total. The largest absolute Gasteiger partial charge is 0.496 e. The van der Waals surface area contributed by atoms with E-state index in [1.54, 1.807) is 39.0 Å². The number of nitrogen functional groups attached to an aromatic ring is 1. The van der Waals surface area contributed by atoms with Gasteiger partial charge in [-0.05, 0) is 26.8 Å². The molecule has 0 aromatic heterocycles. The molecule has 0 saturated heterocycles. The molecule has 0 saturated carbocycles. The Morgan fingerprint density at radius 3 is 2.61 bits per heavy atom. The van der Waals surface area contributed by atoms with Gasteiger partial charge in [-0.15, -0.1) is 0 Å². The second kappa shape index (κ2) is 7.48. The van der Waals surface area contributed by atoms with Crippen molar-refractivity contribution in [1.82, 2.24) is 5.32 Å². The maximum absolute atomic E-state index is 11.5. The van der Waals surface area contributed by atoms with E-state index in [2.05, 4.69) is 5.32 Å². The van der Waals surface area contributed by atoms with Crippen molar-refractivity contribution in [3.8, 4) is 5.75 Å². The van der Waals surface area contributed by atoms with Gasteiger partial charge in [-0.2, -0.15) is 0 Å². The van der Waals surface area contributed by atoms with Gasteiger partial charge in [0, 0.05) is 12.1 Å². The molecule has 3 N–H and O–H groups in total. The van der Waals surface area contributed by atoms with Crippen LogP contribution in [0.25, 0.3) is 6.08 Å². The standard InChI is InChI=1S/C15H21N3O5/c1-15(2,3)23-14(19)17-7-5-6-10-8-11(22-4)9-12(13(10)16)18(20)21/h5-6,8-9H,7,16H2,1-4H3,(H,17,19). The van der Waals surface area contributed by atoms with E-state index in [1.165, 1.54) is 13.2 Å². The number of nitro groups is 1. The summed E-state index contributed by atoms with van der Waals surface area (Å²) in [5.41, 5.74) is 5.43. The fourth-order valence-electron chi connectivity index (χ4n) is 1.68. The molecule has 0 bridgehead atoms. The molecule has 23 heavy (non-hydrogen) atoms. The minimum atomic E-state index is -0.578. The third kappa shape index (κ3) is 5.85. The van der Waals surface area contributed by atoms with E-state index >= 15 is 0 Å². The first-order valence-corrected chi connectivity index (χ1v) is 6.89. The normalized spacial score (nSPS) is 11.3. The van der Waals surface area contributed by atoms with Crippen LogP contribution in [-0.4, -0.2) is 30.3 Å². The van der Waals surface area contributed by atoms with Crippen LogP contribution in [0.4, 0.5) is 16.2 Å². The van der Waals surface area contributed by atoms with Gasteiger partial charge in [0.2, 0.25) is 0 Å². The zero-order chi connectivity index (χ0) is 17.6. The van der Waals surface area contributed by atoms with Crippen molar-refractivity contribution in [2.45, 2.75) is 26.4 Å². The van der Waals surface area contributed by atoms with E-state index in [9.17, 15) is 14.9 Å². The van der Waals surface area contributed by atoms with Crippen molar-refractivity contribution in [1.29, 1.82) is 0 Å². The predicted octanol–water partition coefficient (Wildman–Crippen LogP) is 2.72. The van der Waals surface area contributed by atoms with Gasteiger partial charge in [0.15, 0.2) is 0 Å². The van der Waals surface area contributed by atoms with Crippen LogP contribution in [-0.2, 0) is 4.74 Å². The SMILES string of the molecule is COc1cc(C=CCNC(=O)OC(C)(C)C)c(N)c([N+](=O)[O-])c1. The van der Waals surface area contributed by atoms with Gasteiger partial charge in [-0.3, -0.25) is 10.1 Å². The van der Waals surface area contributed by atoms with Crippen LogP contribution >= 0.6 is 0 Å². The summed E-state index contributed by atoms with van der Waals surface area (Å²) < 4.78 is 10.1. The minimum Gasteiger partial charge on any atom is -0.496 e. The second-order valence-corrected chi connectivity index (χ2v) is 5.69. The highest BCUT2D eigenvalue weighted by atomic mass is 16.6. The number of hydrogen-bond donors (Lipinski definition) is 2. The molecule has 0 aliphatic carbocycles. The topological polar surface area (TPSA) is 117 Å². The Bertz CT molecular complexity index is 620. The third-order valence-electron chi connectivity index (χ3n) is 2.66. The lowest BCUT2D eigenvalue weighted by atomic mass is 10.1. The van der Waals surface area contributed by atoms with Crippen molar-refractivity contribution >= 4 is 23.5 Å². The molecular weight excluding hydrogens is 302 g/mol. The number of nitrogens with one attached hydrogen (secondary N) is 1. The summed E-state index contributed by atoms with van der Waals surface area (Å²) in [4.78, 5) is 21.9. The monoisotopic (exact) mass is 323 g/mol. The molecule has 1 aromatic rings. The van der Waals surface area contributed by atoms with E-state index < -0.39 is 16.6 Å². The molecule has 0 unspecified atom stereocenters. The van der Waals surface area contributed by atoms with Crippen molar-refractivity contribution in [2.24, 2.45) is 0 Å². The molecule has 0 heterocycles. The van der Waals surface area contributed by atoms with Gasteiger partial charge in [-0.1, -0.05) is 12.2 Å². The molecule has 8 heteroatoms. The molecule has 0 aliphatic rings. The van der Waals surface area contributed by atoms with Crippen LogP contribution in [0.1, 0.15) is 26.3 Å². The Morgan fingerprint density at radius 2 is 2.09 bits per heavy atom. The summed E-state index contributed by atoms with van der Waals surface area (Å²) >= 11 is 0. The number of rotatable bonds is 5. The fourth-order valence-corrected chi connectivity index (χ4v) is 1.68. The number of benzene rings is 1. The number of nitrogens with zero attached hydrogens (tertiary/aromatic N) is 1. The minimum absolute atomic E-state index is 0.0318. The first-order chi connectivity index (χ1) is 10.6. The first-order valence-electron chi connectivity index (χ1n) is 6.89. The summed E-state index contributed by atoms with van der Waals surface area (Å²) in [6, 6.07) is 2.83. The lowest BCUT2D eigenvalue weighted by Gasteiger charge is -2.19. The lowest BCUT2D eigenvalue weighted by molar-refractivity contribution is -0.384. The van der Waals surface area contributed by atoms with Crippen LogP contribution in [0.15, 0.2) is 18.2 Å². The van der Waals surface area contributed by atoms with Crippen molar-refractivity contribution in [2.75, 3.05) is 19.4 Å². The second-order valence-electron chi connectivity index (χ2n) is 5.69. The number of amides is 1. The van der Waals surface area contributed by atoms with Gasteiger partial charge in [0.25, 0.3) is 5.69 Å². The first kappa shape index (κ1) is 18.3. The van der Waals surface area contributed by atoms with Crippen molar-refractivity contribution in [3.05, 3.63) is 33.9 Å². The number of anilines is 1. The van der Waals surface area contributed by atoms with Crippen molar-refractivity contribution in [3.63, 3.8) is 0 Å². The molecule has 0 fully saturated rings. The van der Waals surface area contributed by atoms with Crippen LogP contribution in [0.3, 0.4) is 0 Å². The maximum atomic E-state index is 11.5. The highest BCUT2D eigenvalue weighted by Crippen LogP contribution is 2.31. The number of carbonyl (C=O) groups excluding carboxylic acids is 1. The smallest absolute Gasteiger partial charge is 0.407 e. The van der Waals surface area contributed by atoms with E-state index in [4.69, 9.17) is 15.2 Å². The average Bonchev–Trinajstić information content (AvgIpc) is 2.42. The number of hydrogen-bond acceptors (Lipinski definition) is 6. The number of nitro benzene ring substituents is 1.